The molecule has 8 rings (SSSR count). The van der Waals surface area contributed by atoms with E-state index < -0.39 is 11.9 Å². The third-order valence-electron chi connectivity index (χ3n) is 12.1. The molecule has 3 amide bonds. The quantitative estimate of drug-likeness (QED) is 0.0670. The highest BCUT2D eigenvalue weighted by Gasteiger charge is 2.40. The zero-order valence-corrected chi connectivity index (χ0v) is 36.6. The van der Waals surface area contributed by atoms with E-state index in [-0.39, 0.29) is 26.2 Å². The van der Waals surface area contributed by atoms with Crippen molar-refractivity contribution in [3.05, 3.63) is 95.2 Å². The number of benzene rings is 3. The molecular weight excluding hydrogens is 811 g/mol. The molecule has 1 unspecified atom stereocenters. The van der Waals surface area contributed by atoms with Gasteiger partial charge in [-0.25, -0.2) is 4.98 Å². The van der Waals surface area contributed by atoms with Crippen molar-refractivity contribution in [3.63, 3.8) is 0 Å². The van der Waals surface area contributed by atoms with Crippen LogP contribution >= 0.6 is 19.5 Å². The summed E-state index contributed by atoms with van der Waals surface area (Å²) in [6.07, 6.45) is 8.79. The lowest BCUT2D eigenvalue weighted by atomic mass is 10.0. The van der Waals surface area contributed by atoms with Crippen LogP contribution in [0.25, 0.3) is 0 Å². The number of aromatic nitrogens is 2. The van der Waals surface area contributed by atoms with E-state index in [1.165, 1.54) is 5.30 Å². The number of hydrogen-bond donors (Lipinski definition) is 4. The molecule has 61 heavy (non-hydrogen) atoms. The third-order valence-corrected chi connectivity index (χ3v) is 13.7. The van der Waals surface area contributed by atoms with E-state index in [1.54, 1.807) is 18.2 Å². The van der Waals surface area contributed by atoms with Crippen molar-refractivity contribution in [2.45, 2.75) is 44.3 Å². The van der Waals surface area contributed by atoms with Gasteiger partial charge in [0.1, 0.15) is 16.8 Å². The summed E-state index contributed by atoms with van der Waals surface area (Å²) in [7, 11) is 1.37. The molecule has 14 nitrogen and oxygen atoms in total. The lowest BCUT2D eigenvalue weighted by Crippen LogP contribution is -2.53. The van der Waals surface area contributed by atoms with E-state index in [4.69, 9.17) is 21.3 Å². The van der Waals surface area contributed by atoms with Crippen LogP contribution in [0.1, 0.15) is 41.6 Å². The lowest BCUT2D eigenvalue weighted by Gasteiger charge is -2.43. The summed E-state index contributed by atoms with van der Waals surface area (Å²) in [6.45, 7) is 12.5. The Labute approximate surface area is 363 Å². The van der Waals surface area contributed by atoms with Gasteiger partial charge in [0.05, 0.1) is 19.0 Å². The zero-order chi connectivity index (χ0) is 42.5. The average molecular weight is 865 g/mol. The van der Waals surface area contributed by atoms with Crippen LogP contribution < -0.4 is 36.2 Å². The first kappa shape index (κ1) is 42.4. The highest BCUT2D eigenvalue weighted by Crippen LogP contribution is 2.36. The number of nitrogens with one attached hydrogen (secondary N) is 4. The number of carbonyl (C=O) groups excluding carboxylic acids is 3. The van der Waals surface area contributed by atoms with E-state index in [0.717, 1.165) is 92.7 Å². The second-order valence-electron chi connectivity index (χ2n) is 16.1. The van der Waals surface area contributed by atoms with Crippen LogP contribution in [-0.2, 0) is 16.1 Å². The Morgan fingerprint density at radius 1 is 0.902 bits per heavy atom. The number of methoxy groups -OCH3 is 1. The monoisotopic (exact) mass is 864 g/mol. The number of para-hydroxylation sites is 1. The highest BCUT2D eigenvalue weighted by molar-refractivity contribution is 7.64. The van der Waals surface area contributed by atoms with Crippen LogP contribution in [0.4, 0.5) is 34.5 Å². The summed E-state index contributed by atoms with van der Waals surface area (Å²) < 4.78 is 5.84. The molecule has 0 saturated carbocycles. The maximum atomic E-state index is 13.2. The molecule has 3 saturated heterocycles. The molecule has 4 aliphatic heterocycles. The average Bonchev–Trinajstić information content (AvgIpc) is 3.61. The highest BCUT2D eigenvalue weighted by atomic mass is 35.5. The first-order chi connectivity index (χ1) is 29.6. The van der Waals surface area contributed by atoms with E-state index in [9.17, 15) is 14.4 Å². The van der Waals surface area contributed by atoms with E-state index in [1.807, 2.05) is 42.5 Å². The lowest BCUT2D eigenvalue weighted by molar-refractivity contribution is -0.136. The molecule has 1 atom stereocenters. The molecule has 16 heteroatoms. The summed E-state index contributed by atoms with van der Waals surface area (Å²) in [4.78, 5) is 55.6. The maximum Gasteiger partial charge on any atom is 0.255 e. The van der Waals surface area contributed by atoms with Crippen LogP contribution in [0.5, 0.6) is 5.75 Å². The summed E-state index contributed by atoms with van der Waals surface area (Å²) in [5, 5.41) is 14.3. The fourth-order valence-corrected chi connectivity index (χ4v) is 9.87. The molecule has 0 radical (unpaired) electrons. The number of fused-ring (bicyclic) bond motifs is 1. The van der Waals surface area contributed by atoms with Crippen LogP contribution in [-0.4, -0.2) is 127 Å². The van der Waals surface area contributed by atoms with Crippen molar-refractivity contribution in [3.8, 4) is 5.75 Å². The molecule has 4 aromatic rings. The second-order valence-corrected chi connectivity index (χ2v) is 18.8. The van der Waals surface area contributed by atoms with Gasteiger partial charge in [-0.1, -0.05) is 55.9 Å². The Hall–Kier alpha value is -5.27. The number of halogens is 1. The Bertz CT molecular complexity index is 2280. The predicted molar refractivity (Wildman–Crippen MR) is 245 cm³/mol. The van der Waals surface area contributed by atoms with E-state index in [2.05, 4.69) is 84.6 Å². The summed E-state index contributed by atoms with van der Waals surface area (Å²) in [5.74, 6) is 0.850. The first-order valence-corrected chi connectivity index (χ1v) is 23.6. The number of ether oxygens (including phenoxy) is 1. The number of piperazine rings is 1. The fourth-order valence-electron chi connectivity index (χ4n) is 8.74. The Balaban J connectivity index is 0.774. The molecule has 4 aliphatic rings. The fraction of sp³-hybridized carbons (Fsp3) is 0.400. The Morgan fingerprint density at radius 2 is 1.69 bits per heavy atom. The van der Waals surface area contributed by atoms with E-state index >= 15 is 0 Å². The third kappa shape index (κ3) is 9.78. The molecular formula is C45H54ClN10O4P. The van der Waals surface area contributed by atoms with Crippen LogP contribution in [0.15, 0.2) is 79.0 Å². The van der Waals surface area contributed by atoms with Gasteiger partial charge in [0.2, 0.25) is 17.8 Å². The number of rotatable bonds is 14. The molecule has 1 aromatic heterocycles. The Morgan fingerprint density at radius 3 is 2.46 bits per heavy atom. The number of hydrogen-bond acceptors (Lipinski definition) is 12. The second kappa shape index (κ2) is 19.2. The molecule has 0 spiro atoms. The van der Waals surface area contributed by atoms with Crippen LogP contribution in [0.2, 0.25) is 5.02 Å². The van der Waals surface area contributed by atoms with Crippen molar-refractivity contribution in [1.82, 2.24) is 30.0 Å². The summed E-state index contributed by atoms with van der Waals surface area (Å²) in [5.41, 5.74) is 5.32. The van der Waals surface area contributed by atoms with Gasteiger partial charge in [-0.2, -0.15) is 4.98 Å². The Kier molecular flexibility index (Phi) is 13.3. The van der Waals surface area contributed by atoms with Gasteiger partial charge in [0, 0.05) is 106 Å². The molecule has 0 aliphatic carbocycles. The van der Waals surface area contributed by atoms with Gasteiger partial charge in [-0.3, -0.25) is 29.5 Å². The maximum absolute atomic E-state index is 13.2. The number of piperidine rings is 2. The summed E-state index contributed by atoms with van der Waals surface area (Å²) in [6, 6.07) is 20.1. The predicted octanol–water partition coefficient (Wildman–Crippen LogP) is 6.01. The number of carbonyl (C=O) groups is 3. The normalized spacial score (nSPS) is 19.1. The molecule has 3 aromatic carbocycles. The van der Waals surface area contributed by atoms with Crippen molar-refractivity contribution < 1.29 is 19.1 Å². The number of anilines is 6. The van der Waals surface area contributed by atoms with Gasteiger partial charge >= 0.3 is 0 Å². The topological polar surface area (TPSA) is 147 Å². The first-order valence-electron chi connectivity index (χ1n) is 21.0. The minimum atomic E-state index is -0.619. The number of nitrogens with zero attached hydrogens (tertiary/aromatic N) is 6. The molecule has 4 N–H and O–H groups in total. The molecule has 3 fully saturated rings. The molecule has 320 valence electrons. The van der Waals surface area contributed by atoms with Crippen LogP contribution in [0.3, 0.4) is 0 Å². The zero-order valence-electron chi connectivity index (χ0n) is 35.0. The van der Waals surface area contributed by atoms with Gasteiger partial charge in [0.25, 0.3) is 5.91 Å². The standard InChI is InChI=1S/C45H54ClN10O4P/c1-60-39-27-31(13-14-36(39)50-45-48-28-34(46)42(52-45)49-37-10-4-5-12-40(37)61(2)3)54-21-17-30(18-22-54)55-25-23-53(24-26-55)20-7-6-19-47-35-11-8-9-32-33(35)29-56(44(32)59)38-15-16-41(57)51-43(38)58/h4-14,27-28,30,38,47H,15-26,29H2,1-3H3,(H,51,57,58)(H2,48,49,50,52)/b7-6+. The van der Waals surface area contributed by atoms with E-state index in [0.29, 0.717) is 47.9 Å². The van der Waals surface area contributed by atoms with Crippen molar-refractivity contribution in [2.75, 3.05) is 93.6 Å². The number of imide groups is 1. The SMILES string of the molecule is COc1cc(N2CCC(N3CCN(C/C=C/CNc4cccc5c4CN(C4CCC(=O)NC4=O)C5=O)CC3)CC2)ccc1Nc1ncc(Cl)c(Nc2ccccc2P(C)C)n1. The van der Waals surface area contributed by atoms with Gasteiger partial charge in [-0.05, 0) is 68.2 Å². The minimum Gasteiger partial charge on any atom is -0.494 e. The van der Waals surface area contributed by atoms with Crippen molar-refractivity contribution in [2.24, 2.45) is 0 Å². The van der Waals surface area contributed by atoms with Crippen molar-refractivity contribution >= 4 is 77.1 Å². The largest absolute Gasteiger partial charge is 0.494 e. The number of amides is 3. The van der Waals surface area contributed by atoms with Crippen LogP contribution in [0, 0.1) is 0 Å². The van der Waals surface area contributed by atoms with Gasteiger partial charge in [-0.15, -0.1) is 0 Å². The molecule has 5 heterocycles. The summed E-state index contributed by atoms with van der Waals surface area (Å²) >= 11 is 6.53. The smallest absolute Gasteiger partial charge is 0.255 e. The van der Waals surface area contributed by atoms with Gasteiger partial charge < -0.3 is 30.5 Å². The van der Waals surface area contributed by atoms with Gasteiger partial charge in [0.15, 0.2) is 5.82 Å². The molecule has 0 bridgehead atoms. The minimum absolute atomic E-state index is 0.160. The van der Waals surface area contributed by atoms with Crippen molar-refractivity contribution in [1.29, 1.82) is 0 Å².